The summed E-state index contributed by atoms with van der Waals surface area (Å²) in [5.74, 6) is 1.60. The molecule has 1 unspecified atom stereocenters. The number of rotatable bonds is 5. The Morgan fingerprint density at radius 2 is 1.72 bits per heavy atom. The van der Waals surface area contributed by atoms with Crippen LogP contribution in [0, 0.1) is 29.6 Å². The molecule has 2 aromatic rings. The number of aromatic nitrogens is 2. The van der Waals surface area contributed by atoms with Crippen LogP contribution in [0.25, 0.3) is 0 Å². The average Bonchev–Trinajstić information content (AvgIpc) is 3.14. The Bertz CT molecular complexity index is 1020. The van der Waals surface area contributed by atoms with Crippen molar-refractivity contribution in [3.05, 3.63) is 52.8 Å². The third kappa shape index (κ3) is 3.44. The van der Waals surface area contributed by atoms with E-state index in [1.54, 1.807) is 0 Å². The zero-order valence-corrected chi connectivity index (χ0v) is 18.4. The van der Waals surface area contributed by atoms with Gasteiger partial charge in [0, 0.05) is 17.3 Å². The van der Waals surface area contributed by atoms with Crippen LogP contribution in [0.1, 0.15) is 65.8 Å². The molecule has 0 radical (unpaired) electrons. The lowest BCUT2D eigenvalue weighted by atomic mass is 9.54. The predicted octanol–water partition coefficient (Wildman–Crippen LogP) is 3.68. The van der Waals surface area contributed by atoms with Crippen LogP contribution in [0.2, 0.25) is 0 Å². The Morgan fingerprint density at radius 3 is 2.38 bits per heavy atom. The standard InChI is InChI=1S/C26H31N3O3/c30-25(27-23-19-9-16-8-17(11-19)12-20(23)10-16)24-21-13-18(26(31)32)6-7-22(21)29(28-24)14-15-4-2-1-3-5-15/h1-5,16-20,23H,6-14H2,(H,27,30)(H,31,32). The maximum Gasteiger partial charge on any atom is 0.306 e. The molecule has 1 aromatic carbocycles. The fourth-order valence-corrected chi connectivity index (χ4v) is 7.35. The summed E-state index contributed by atoms with van der Waals surface area (Å²) >= 11 is 0. The van der Waals surface area contributed by atoms with Crippen LogP contribution in [0.3, 0.4) is 0 Å². The summed E-state index contributed by atoms with van der Waals surface area (Å²) in [5.41, 5.74) is 3.46. The van der Waals surface area contributed by atoms with Crippen molar-refractivity contribution >= 4 is 11.9 Å². The van der Waals surface area contributed by atoms with Gasteiger partial charge in [-0.25, -0.2) is 0 Å². The van der Waals surface area contributed by atoms with E-state index in [1.807, 2.05) is 22.9 Å². The fraction of sp³-hybridized carbons (Fsp3) is 0.577. The van der Waals surface area contributed by atoms with E-state index in [9.17, 15) is 14.7 Å². The molecule has 4 fully saturated rings. The topological polar surface area (TPSA) is 84.2 Å². The number of nitrogens with zero attached hydrogens (tertiary/aromatic N) is 2. The van der Waals surface area contributed by atoms with E-state index in [0.717, 1.165) is 28.7 Å². The molecule has 6 nitrogen and oxygen atoms in total. The summed E-state index contributed by atoms with van der Waals surface area (Å²) < 4.78 is 1.94. The number of hydrogen-bond acceptors (Lipinski definition) is 3. The number of benzene rings is 1. The van der Waals surface area contributed by atoms with Crippen LogP contribution in [-0.2, 0) is 24.2 Å². The number of fused-ring (bicyclic) bond motifs is 1. The van der Waals surface area contributed by atoms with Crippen molar-refractivity contribution in [2.75, 3.05) is 0 Å². The Labute approximate surface area is 188 Å². The van der Waals surface area contributed by atoms with E-state index in [1.165, 1.54) is 32.1 Å². The maximum absolute atomic E-state index is 13.5. The second-order valence-corrected chi connectivity index (χ2v) is 10.6. The summed E-state index contributed by atoms with van der Waals surface area (Å²) in [6, 6.07) is 10.4. The molecule has 32 heavy (non-hydrogen) atoms. The zero-order valence-electron chi connectivity index (χ0n) is 18.4. The number of hydrogen-bond donors (Lipinski definition) is 2. The van der Waals surface area contributed by atoms with Gasteiger partial charge in [-0.2, -0.15) is 5.10 Å². The smallest absolute Gasteiger partial charge is 0.306 e. The number of carboxylic acid groups (broad SMARTS) is 1. The molecule has 168 valence electrons. The predicted molar refractivity (Wildman–Crippen MR) is 119 cm³/mol. The van der Waals surface area contributed by atoms with Crippen molar-refractivity contribution in [1.29, 1.82) is 0 Å². The van der Waals surface area contributed by atoms with Gasteiger partial charge in [0.25, 0.3) is 5.91 Å². The van der Waals surface area contributed by atoms with Crippen molar-refractivity contribution < 1.29 is 14.7 Å². The summed E-state index contributed by atoms with van der Waals surface area (Å²) in [7, 11) is 0. The molecule has 5 aliphatic rings. The van der Waals surface area contributed by atoms with E-state index >= 15 is 0 Å². The Morgan fingerprint density at radius 1 is 1.03 bits per heavy atom. The molecule has 0 aliphatic heterocycles. The number of carboxylic acids is 1. The Hall–Kier alpha value is -2.63. The number of aliphatic carboxylic acids is 1. The van der Waals surface area contributed by atoms with Gasteiger partial charge >= 0.3 is 5.97 Å². The van der Waals surface area contributed by atoms with Gasteiger partial charge in [-0.15, -0.1) is 0 Å². The summed E-state index contributed by atoms with van der Waals surface area (Å²) in [6.45, 7) is 0.603. The van der Waals surface area contributed by atoms with Gasteiger partial charge in [-0.1, -0.05) is 30.3 Å². The van der Waals surface area contributed by atoms with E-state index in [4.69, 9.17) is 5.10 Å². The maximum atomic E-state index is 13.5. The largest absolute Gasteiger partial charge is 0.481 e. The van der Waals surface area contributed by atoms with Gasteiger partial charge in [0.1, 0.15) is 0 Å². The zero-order chi connectivity index (χ0) is 21.8. The van der Waals surface area contributed by atoms with Crippen LogP contribution in [0.5, 0.6) is 0 Å². The molecule has 1 aromatic heterocycles. The number of nitrogens with one attached hydrogen (secondary N) is 1. The molecule has 7 rings (SSSR count). The minimum Gasteiger partial charge on any atom is -0.481 e. The van der Waals surface area contributed by atoms with Gasteiger partial charge in [0.05, 0.1) is 12.5 Å². The molecule has 1 heterocycles. The SMILES string of the molecule is O=C(NC1C2CC3CC(C2)CC1C3)c1nn(Cc2ccccc2)c2c1CC(C(=O)O)CC2. The first kappa shape index (κ1) is 20.0. The molecule has 0 saturated heterocycles. The summed E-state index contributed by atoms with van der Waals surface area (Å²) in [5, 5.41) is 17.8. The number of carbonyl (C=O) groups is 2. The third-order valence-corrected chi connectivity index (χ3v) is 8.61. The van der Waals surface area contributed by atoms with Crippen molar-refractivity contribution in [2.45, 2.75) is 64.0 Å². The van der Waals surface area contributed by atoms with Crippen molar-refractivity contribution in [3.63, 3.8) is 0 Å². The minimum atomic E-state index is -0.779. The molecule has 4 saturated carbocycles. The normalized spacial score (nSPS) is 32.5. The van der Waals surface area contributed by atoms with Gasteiger partial charge in [0.2, 0.25) is 0 Å². The molecule has 5 aliphatic carbocycles. The molecule has 0 spiro atoms. The highest BCUT2D eigenvalue weighted by atomic mass is 16.4. The second kappa shape index (κ2) is 7.75. The quantitative estimate of drug-likeness (QED) is 0.754. The average molecular weight is 434 g/mol. The van der Waals surface area contributed by atoms with Crippen LogP contribution in [0.15, 0.2) is 30.3 Å². The van der Waals surface area contributed by atoms with Crippen LogP contribution in [0.4, 0.5) is 0 Å². The second-order valence-electron chi connectivity index (χ2n) is 10.6. The lowest BCUT2D eigenvalue weighted by molar-refractivity contribution is -0.142. The highest BCUT2D eigenvalue weighted by Gasteiger charge is 2.49. The highest BCUT2D eigenvalue weighted by Crippen LogP contribution is 2.53. The Kier molecular flexibility index (Phi) is 4.85. The first-order chi connectivity index (χ1) is 15.5. The molecule has 6 heteroatoms. The van der Waals surface area contributed by atoms with E-state index in [0.29, 0.717) is 43.3 Å². The molecule has 1 atom stereocenters. The Balaban J connectivity index is 1.29. The molecular formula is C26H31N3O3. The van der Waals surface area contributed by atoms with Gasteiger partial charge in [-0.3, -0.25) is 14.3 Å². The van der Waals surface area contributed by atoms with Crippen LogP contribution >= 0.6 is 0 Å². The van der Waals surface area contributed by atoms with E-state index in [-0.39, 0.29) is 11.9 Å². The monoisotopic (exact) mass is 433 g/mol. The van der Waals surface area contributed by atoms with E-state index in [2.05, 4.69) is 17.4 Å². The molecule has 4 bridgehead atoms. The number of amides is 1. The van der Waals surface area contributed by atoms with Crippen molar-refractivity contribution in [2.24, 2.45) is 29.6 Å². The van der Waals surface area contributed by atoms with Gasteiger partial charge < -0.3 is 10.4 Å². The van der Waals surface area contributed by atoms with Gasteiger partial charge in [0.15, 0.2) is 5.69 Å². The molecule has 1 amide bonds. The lowest BCUT2D eigenvalue weighted by Crippen LogP contribution is -2.56. The lowest BCUT2D eigenvalue weighted by Gasteiger charge is -2.54. The minimum absolute atomic E-state index is 0.100. The van der Waals surface area contributed by atoms with Crippen LogP contribution in [-0.4, -0.2) is 32.8 Å². The van der Waals surface area contributed by atoms with Crippen LogP contribution < -0.4 is 5.32 Å². The fourth-order valence-electron chi connectivity index (χ4n) is 7.35. The summed E-state index contributed by atoms with van der Waals surface area (Å²) in [6.07, 6.45) is 8.03. The highest BCUT2D eigenvalue weighted by molar-refractivity contribution is 5.94. The molecular weight excluding hydrogens is 402 g/mol. The van der Waals surface area contributed by atoms with Gasteiger partial charge in [-0.05, 0) is 80.6 Å². The summed E-state index contributed by atoms with van der Waals surface area (Å²) in [4.78, 5) is 25.2. The molecule has 2 N–H and O–H groups in total. The first-order valence-corrected chi connectivity index (χ1v) is 12.2. The van der Waals surface area contributed by atoms with Crippen molar-refractivity contribution in [1.82, 2.24) is 15.1 Å². The van der Waals surface area contributed by atoms with E-state index < -0.39 is 11.9 Å². The third-order valence-electron chi connectivity index (χ3n) is 8.61. The number of carbonyl (C=O) groups excluding carboxylic acids is 1. The van der Waals surface area contributed by atoms with Crippen molar-refractivity contribution in [3.8, 4) is 0 Å². The first-order valence-electron chi connectivity index (χ1n) is 12.2.